The molecule has 0 unspecified atom stereocenters. The molecule has 1 aliphatic carbocycles. The van der Waals surface area contributed by atoms with Gasteiger partial charge in [-0.1, -0.05) is 0 Å². The monoisotopic (exact) mass is 433 g/mol. The Kier molecular flexibility index (Phi) is 5.75. The van der Waals surface area contributed by atoms with Crippen molar-refractivity contribution >= 4 is 28.9 Å². The van der Waals surface area contributed by atoms with Gasteiger partial charge in [0.1, 0.15) is 5.76 Å². The fraction of sp³-hybridized carbons (Fsp3) is 0.182. The third kappa shape index (κ3) is 4.24. The molecule has 4 rings (SSSR count). The van der Waals surface area contributed by atoms with Crippen LogP contribution in [0.15, 0.2) is 58.3 Å². The number of nitrogens with zero attached hydrogens (tertiary/aromatic N) is 3. The number of benzene rings is 1. The van der Waals surface area contributed by atoms with Gasteiger partial charge in [0.15, 0.2) is 5.76 Å². The van der Waals surface area contributed by atoms with E-state index in [0.29, 0.717) is 35.6 Å². The minimum Gasteiger partial charge on any atom is -0.455 e. The maximum Gasteiger partial charge on any atom is 0.291 e. The van der Waals surface area contributed by atoms with Gasteiger partial charge >= 0.3 is 0 Å². The number of non-ortho nitro benzene ring substituents is 1. The molecule has 2 N–H and O–H groups in total. The van der Waals surface area contributed by atoms with Crippen LogP contribution in [-0.2, 0) is 6.42 Å². The molecule has 3 aromatic rings. The van der Waals surface area contributed by atoms with Gasteiger partial charge in [-0.25, -0.2) is 5.43 Å². The molecule has 1 aromatic carbocycles. The summed E-state index contributed by atoms with van der Waals surface area (Å²) in [5.74, 6) is -0.0197. The summed E-state index contributed by atoms with van der Waals surface area (Å²) in [4.78, 5) is 39.3. The number of nitro groups is 1. The molecule has 10 heteroatoms. The molecule has 162 valence electrons. The van der Waals surface area contributed by atoms with Gasteiger partial charge in [-0.15, -0.1) is 0 Å². The Morgan fingerprint density at radius 3 is 2.50 bits per heavy atom. The number of aryl methyl sites for hydroxylation is 1. The zero-order chi connectivity index (χ0) is 22.7. The lowest BCUT2D eigenvalue weighted by atomic mass is 9.93. The lowest BCUT2D eigenvalue weighted by molar-refractivity contribution is -0.384. The first-order valence-corrected chi connectivity index (χ1v) is 9.89. The first-order chi connectivity index (χ1) is 15.4. The minimum absolute atomic E-state index is 0.101. The van der Waals surface area contributed by atoms with Crippen LogP contribution in [0.5, 0.6) is 0 Å². The Labute approximate surface area is 182 Å². The third-order valence-electron chi connectivity index (χ3n) is 5.10. The van der Waals surface area contributed by atoms with E-state index in [4.69, 9.17) is 4.42 Å². The zero-order valence-corrected chi connectivity index (χ0v) is 17.1. The molecule has 2 amide bonds. The number of rotatable bonds is 5. The van der Waals surface area contributed by atoms with Crippen LogP contribution in [-0.4, -0.2) is 27.4 Å². The Morgan fingerprint density at radius 2 is 1.81 bits per heavy atom. The number of pyridine rings is 1. The van der Waals surface area contributed by atoms with E-state index in [-0.39, 0.29) is 22.9 Å². The summed E-state index contributed by atoms with van der Waals surface area (Å²) in [5.41, 5.74) is 5.23. The van der Waals surface area contributed by atoms with Crippen LogP contribution in [0.1, 0.15) is 50.6 Å². The molecule has 0 spiro atoms. The van der Waals surface area contributed by atoms with Crippen LogP contribution in [0.3, 0.4) is 0 Å². The lowest BCUT2D eigenvalue weighted by Gasteiger charge is -2.13. The lowest BCUT2D eigenvalue weighted by Crippen LogP contribution is -2.22. The van der Waals surface area contributed by atoms with E-state index >= 15 is 0 Å². The Hall–Kier alpha value is -4.34. The van der Waals surface area contributed by atoms with Crippen molar-refractivity contribution in [2.24, 2.45) is 5.10 Å². The van der Waals surface area contributed by atoms with Gasteiger partial charge in [0.25, 0.3) is 17.5 Å². The normalized spacial score (nSPS) is 14.0. The van der Waals surface area contributed by atoms with Gasteiger partial charge in [0.05, 0.1) is 10.6 Å². The summed E-state index contributed by atoms with van der Waals surface area (Å²) >= 11 is 0. The summed E-state index contributed by atoms with van der Waals surface area (Å²) in [6.07, 6.45) is 5.19. The SMILES string of the molecule is Cc1c(C(=O)Nc2ccncc2)oc2c1/C(=N/NC(=O)c1ccc([N+](=O)[O-])cc1)CCC2. The Bertz CT molecular complexity index is 1220. The van der Waals surface area contributed by atoms with Gasteiger partial charge in [0, 0.05) is 53.3 Å². The van der Waals surface area contributed by atoms with Gasteiger partial charge in [0.2, 0.25) is 0 Å². The largest absolute Gasteiger partial charge is 0.455 e. The average molecular weight is 433 g/mol. The van der Waals surface area contributed by atoms with Crippen molar-refractivity contribution in [3.63, 3.8) is 0 Å². The van der Waals surface area contributed by atoms with Crippen molar-refractivity contribution in [2.75, 3.05) is 5.32 Å². The molecule has 32 heavy (non-hydrogen) atoms. The first kappa shape index (κ1) is 20.9. The van der Waals surface area contributed by atoms with E-state index in [1.807, 2.05) is 0 Å². The number of hydrogen-bond acceptors (Lipinski definition) is 7. The molecule has 0 radical (unpaired) electrons. The van der Waals surface area contributed by atoms with E-state index in [0.717, 1.165) is 12.0 Å². The van der Waals surface area contributed by atoms with E-state index in [1.165, 1.54) is 24.3 Å². The number of nitro benzene ring substituents is 1. The summed E-state index contributed by atoms with van der Waals surface area (Å²) in [6.45, 7) is 1.78. The molecular weight excluding hydrogens is 414 g/mol. The Morgan fingerprint density at radius 1 is 1.09 bits per heavy atom. The van der Waals surface area contributed by atoms with Crippen LogP contribution < -0.4 is 10.7 Å². The quantitative estimate of drug-likeness (QED) is 0.465. The average Bonchev–Trinajstić information content (AvgIpc) is 3.15. The van der Waals surface area contributed by atoms with Crippen molar-refractivity contribution in [3.05, 3.63) is 87.1 Å². The van der Waals surface area contributed by atoms with Gasteiger partial charge in [-0.05, 0) is 44.0 Å². The number of fused-ring (bicyclic) bond motifs is 1. The van der Waals surface area contributed by atoms with Crippen molar-refractivity contribution in [1.82, 2.24) is 10.4 Å². The molecule has 0 saturated heterocycles. The molecule has 2 aromatic heterocycles. The van der Waals surface area contributed by atoms with Crippen molar-refractivity contribution < 1.29 is 18.9 Å². The molecule has 0 bridgehead atoms. The number of carbonyl (C=O) groups is 2. The topological polar surface area (TPSA) is 140 Å². The maximum absolute atomic E-state index is 12.7. The number of anilines is 1. The van der Waals surface area contributed by atoms with Gasteiger partial charge < -0.3 is 9.73 Å². The van der Waals surface area contributed by atoms with E-state index in [1.54, 1.807) is 31.5 Å². The van der Waals surface area contributed by atoms with Gasteiger partial charge in [-0.2, -0.15) is 5.10 Å². The second kappa shape index (κ2) is 8.80. The first-order valence-electron chi connectivity index (χ1n) is 9.89. The molecule has 10 nitrogen and oxygen atoms in total. The fourth-order valence-electron chi connectivity index (χ4n) is 3.54. The number of nitrogens with one attached hydrogen (secondary N) is 2. The summed E-state index contributed by atoms with van der Waals surface area (Å²) in [6, 6.07) is 8.60. The number of hydrazone groups is 1. The highest BCUT2D eigenvalue weighted by Crippen LogP contribution is 2.30. The van der Waals surface area contributed by atoms with Crippen LogP contribution in [0, 0.1) is 17.0 Å². The van der Waals surface area contributed by atoms with Crippen LogP contribution in [0.2, 0.25) is 0 Å². The van der Waals surface area contributed by atoms with E-state index in [2.05, 4.69) is 20.8 Å². The minimum atomic E-state index is -0.532. The third-order valence-corrected chi connectivity index (χ3v) is 5.10. The molecule has 0 saturated carbocycles. The number of hydrogen-bond donors (Lipinski definition) is 2. The smallest absolute Gasteiger partial charge is 0.291 e. The zero-order valence-electron chi connectivity index (χ0n) is 17.1. The number of carbonyl (C=O) groups excluding carboxylic acids is 2. The van der Waals surface area contributed by atoms with Crippen LogP contribution in [0.4, 0.5) is 11.4 Å². The molecule has 0 fully saturated rings. The van der Waals surface area contributed by atoms with Crippen LogP contribution in [0.25, 0.3) is 0 Å². The highest BCUT2D eigenvalue weighted by molar-refractivity contribution is 6.09. The Balaban J connectivity index is 1.54. The highest BCUT2D eigenvalue weighted by atomic mass is 16.6. The predicted molar refractivity (Wildman–Crippen MR) is 116 cm³/mol. The van der Waals surface area contributed by atoms with Crippen LogP contribution >= 0.6 is 0 Å². The molecular formula is C22H19N5O5. The number of aromatic nitrogens is 1. The maximum atomic E-state index is 12.7. The van der Waals surface area contributed by atoms with Crippen molar-refractivity contribution in [2.45, 2.75) is 26.2 Å². The van der Waals surface area contributed by atoms with Crippen molar-refractivity contribution in [3.8, 4) is 0 Å². The molecule has 2 heterocycles. The highest BCUT2D eigenvalue weighted by Gasteiger charge is 2.28. The second-order valence-electron chi connectivity index (χ2n) is 7.20. The summed E-state index contributed by atoms with van der Waals surface area (Å²) in [7, 11) is 0. The fourth-order valence-corrected chi connectivity index (χ4v) is 3.54. The molecule has 0 atom stereocenters. The molecule has 0 aliphatic heterocycles. The van der Waals surface area contributed by atoms with Gasteiger partial charge in [-0.3, -0.25) is 24.7 Å². The van der Waals surface area contributed by atoms with Crippen molar-refractivity contribution in [1.29, 1.82) is 0 Å². The number of furan rings is 1. The second-order valence-corrected chi connectivity index (χ2v) is 7.20. The van der Waals surface area contributed by atoms with E-state index < -0.39 is 10.8 Å². The standard InChI is InChI=1S/C22H19N5O5/c1-13-19-17(25-26-21(28)14-5-7-16(8-6-14)27(30)31)3-2-4-18(19)32-20(13)22(29)24-15-9-11-23-12-10-15/h5-12H,2-4H2,1H3,(H,26,28)(H,23,24,29)/b25-17+. The number of amides is 2. The van der Waals surface area contributed by atoms with E-state index in [9.17, 15) is 19.7 Å². The molecule has 1 aliphatic rings. The summed E-state index contributed by atoms with van der Waals surface area (Å²) < 4.78 is 5.84. The predicted octanol–water partition coefficient (Wildman–Crippen LogP) is 3.61. The summed E-state index contributed by atoms with van der Waals surface area (Å²) in [5, 5.41) is 17.8.